The van der Waals surface area contributed by atoms with Crippen molar-refractivity contribution in [2.24, 2.45) is 0 Å². The molecular formula is C8H12OS. The van der Waals surface area contributed by atoms with E-state index < -0.39 is 0 Å². The van der Waals surface area contributed by atoms with Crippen LogP contribution in [0.2, 0.25) is 0 Å². The molecule has 0 saturated heterocycles. The molecule has 1 aromatic carbocycles. The zero-order valence-corrected chi connectivity index (χ0v) is 6.88. The number of benzene rings is 1. The van der Waals surface area contributed by atoms with Crippen LogP contribution in [-0.2, 0) is 6.61 Å². The molecule has 0 amide bonds. The number of thiol groups is 1. The SMILES string of the molecule is CS.OCc1ccccc1. The number of hydrogen-bond acceptors (Lipinski definition) is 2. The van der Waals surface area contributed by atoms with Crippen LogP contribution < -0.4 is 0 Å². The van der Waals surface area contributed by atoms with Gasteiger partial charge in [0.1, 0.15) is 0 Å². The van der Waals surface area contributed by atoms with E-state index >= 15 is 0 Å². The van der Waals surface area contributed by atoms with Crippen molar-refractivity contribution in [3.8, 4) is 0 Å². The van der Waals surface area contributed by atoms with Crippen molar-refractivity contribution >= 4 is 12.6 Å². The Morgan fingerprint density at radius 1 is 1.20 bits per heavy atom. The molecule has 1 rings (SSSR count). The highest BCUT2D eigenvalue weighted by atomic mass is 32.1. The van der Waals surface area contributed by atoms with Crippen molar-refractivity contribution < 1.29 is 5.11 Å². The van der Waals surface area contributed by atoms with E-state index in [1.165, 1.54) is 0 Å². The Kier molecular flexibility index (Phi) is 6.33. The van der Waals surface area contributed by atoms with Gasteiger partial charge in [0, 0.05) is 0 Å². The van der Waals surface area contributed by atoms with E-state index in [1.54, 1.807) is 6.26 Å². The van der Waals surface area contributed by atoms with Crippen molar-refractivity contribution in [1.82, 2.24) is 0 Å². The van der Waals surface area contributed by atoms with E-state index in [4.69, 9.17) is 5.11 Å². The summed E-state index contributed by atoms with van der Waals surface area (Å²) in [6, 6.07) is 9.52. The molecule has 1 N–H and O–H groups in total. The normalized spacial score (nSPS) is 7.90. The van der Waals surface area contributed by atoms with Crippen LogP contribution >= 0.6 is 12.6 Å². The first-order valence-corrected chi connectivity index (χ1v) is 3.92. The predicted octanol–water partition coefficient (Wildman–Crippen LogP) is 1.72. The molecule has 10 heavy (non-hydrogen) atoms. The van der Waals surface area contributed by atoms with Gasteiger partial charge in [-0.25, -0.2) is 0 Å². The molecule has 1 nitrogen and oxygen atoms in total. The van der Waals surface area contributed by atoms with Crippen molar-refractivity contribution in [2.75, 3.05) is 6.26 Å². The van der Waals surface area contributed by atoms with E-state index in [0.717, 1.165) is 5.56 Å². The van der Waals surface area contributed by atoms with Crippen LogP contribution in [0.3, 0.4) is 0 Å². The van der Waals surface area contributed by atoms with Crippen LogP contribution in [-0.4, -0.2) is 11.4 Å². The molecule has 2 heteroatoms. The van der Waals surface area contributed by atoms with Gasteiger partial charge in [-0.05, 0) is 11.8 Å². The molecule has 0 spiro atoms. The maximum absolute atomic E-state index is 8.54. The molecule has 0 aliphatic heterocycles. The van der Waals surface area contributed by atoms with Gasteiger partial charge in [-0.1, -0.05) is 30.3 Å². The van der Waals surface area contributed by atoms with Crippen LogP contribution in [0, 0.1) is 0 Å². The quantitative estimate of drug-likeness (QED) is 0.593. The van der Waals surface area contributed by atoms with E-state index in [0.29, 0.717) is 0 Å². The first-order valence-electron chi connectivity index (χ1n) is 3.03. The van der Waals surface area contributed by atoms with Crippen molar-refractivity contribution in [2.45, 2.75) is 6.61 Å². The van der Waals surface area contributed by atoms with E-state index in [9.17, 15) is 0 Å². The molecule has 0 radical (unpaired) electrons. The Morgan fingerprint density at radius 2 is 1.70 bits per heavy atom. The lowest BCUT2D eigenvalue weighted by atomic mass is 10.2. The molecule has 0 aliphatic carbocycles. The zero-order valence-electron chi connectivity index (χ0n) is 5.99. The molecule has 0 fully saturated rings. The lowest BCUT2D eigenvalue weighted by molar-refractivity contribution is 0.282. The lowest BCUT2D eigenvalue weighted by Gasteiger charge is -1.89. The van der Waals surface area contributed by atoms with Gasteiger partial charge in [-0.15, -0.1) is 0 Å². The second-order valence-electron chi connectivity index (χ2n) is 1.64. The monoisotopic (exact) mass is 156 g/mol. The average Bonchev–Trinajstić information content (AvgIpc) is 2.10. The van der Waals surface area contributed by atoms with Gasteiger partial charge < -0.3 is 5.11 Å². The van der Waals surface area contributed by atoms with Crippen LogP contribution in [0.25, 0.3) is 0 Å². The highest BCUT2D eigenvalue weighted by Gasteiger charge is 1.81. The summed E-state index contributed by atoms with van der Waals surface area (Å²) < 4.78 is 0. The summed E-state index contributed by atoms with van der Waals surface area (Å²) in [6.45, 7) is 0.140. The minimum atomic E-state index is 0.140. The fraction of sp³-hybridized carbons (Fsp3) is 0.250. The van der Waals surface area contributed by atoms with Gasteiger partial charge >= 0.3 is 0 Å². The summed E-state index contributed by atoms with van der Waals surface area (Å²) in [5.41, 5.74) is 0.965. The third-order valence-electron chi connectivity index (χ3n) is 1.03. The summed E-state index contributed by atoms with van der Waals surface area (Å²) in [6.07, 6.45) is 1.69. The lowest BCUT2D eigenvalue weighted by Crippen LogP contribution is -1.77. The van der Waals surface area contributed by atoms with E-state index in [1.807, 2.05) is 30.3 Å². The van der Waals surface area contributed by atoms with Crippen LogP contribution in [0.1, 0.15) is 5.56 Å². The Hall–Kier alpha value is -0.470. The predicted molar refractivity (Wildman–Crippen MR) is 47.3 cm³/mol. The van der Waals surface area contributed by atoms with Crippen molar-refractivity contribution in [3.05, 3.63) is 35.9 Å². The molecule has 1 aromatic rings. The second-order valence-corrected chi connectivity index (χ2v) is 1.64. The molecule has 0 atom stereocenters. The second kappa shape index (κ2) is 6.65. The van der Waals surface area contributed by atoms with Crippen molar-refractivity contribution in [1.29, 1.82) is 0 Å². The first kappa shape index (κ1) is 9.53. The third-order valence-corrected chi connectivity index (χ3v) is 1.03. The van der Waals surface area contributed by atoms with Crippen molar-refractivity contribution in [3.63, 3.8) is 0 Å². The summed E-state index contributed by atoms with van der Waals surface area (Å²) in [7, 11) is 0. The summed E-state index contributed by atoms with van der Waals surface area (Å²) in [5.74, 6) is 0. The van der Waals surface area contributed by atoms with Gasteiger partial charge in [0.2, 0.25) is 0 Å². The average molecular weight is 156 g/mol. The third kappa shape index (κ3) is 3.54. The van der Waals surface area contributed by atoms with Gasteiger partial charge in [-0.3, -0.25) is 0 Å². The van der Waals surface area contributed by atoms with Gasteiger partial charge in [-0.2, -0.15) is 12.6 Å². The molecule has 0 aromatic heterocycles. The van der Waals surface area contributed by atoms with Crippen LogP contribution in [0.15, 0.2) is 30.3 Å². The number of rotatable bonds is 1. The maximum atomic E-state index is 8.54. The number of aliphatic hydroxyl groups excluding tert-OH is 1. The molecule has 0 aliphatic rings. The Labute approximate surface area is 67.1 Å². The molecule has 0 heterocycles. The minimum absolute atomic E-state index is 0.140. The molecular weight excluding hydrogens is 144 g/mol. The minimum Gasteiger partial charge on any atom is -0.392 e. The highest BCUT2D eigenvalue weighted by molar-refractivity contribution is 7.79. The number of hydrogen-bond donors (Lipinski definition) is 2. The largest absolute Gasteiger partial charge is 0.392 e. The summed E-state index contributed by atoms with van der Waals surface area (Å²) >= 11 is 3.53. The maximum Gasteiger partial charge on any atom is 0.0681 e. The summed E-state index contributed by atoms with van der Waals surface area (Å²) in [4.78, 5) is 0. The van der Waals surface area contributed by atoms with Gasteiger partial charge in [0.15, 0.2) is 0 Å². The number of aliphatic hydroxyl groups is 1. The standard InChI is InChI=1S/C7H8O.CH4S/c8-6-7-4-2-1-3-5-7;1-2/h1-5,8H,6H2;2H,1H3. The topological polar surface area (TPSA) is 20.2 Å². The Morgan fingerprint density at radius 3 is 2.00 bits per heavy atom. The molecule has 56 valence electrons. The smallest absolute Gasteiger partial charge is 0.0681 e. The fourth-order valence-electron chi connectivity index (χ4n) is 0.583. The Balaban J connectivity index is 0.000000371. The molecule has 0 saturated carbocycles. The van der Waals surface area contributed by atoms with Gasteiger partial charge in [0.05, 0.1) is 6.61 Å². The van der Waals surface area contributed by atoms with E-state index in [-0.39, 0.29) is 6.61 Å². The van der Waals surface area contributed by atoms with Crippen LogP contribution in [0.5, 0.6) is 0 Å². The molecule has 0 bridgehead atoms. The Bertz CT molecular complexity index is 151. The molecule has 0 unspecified atom stereocenters. The first-order chi connectivity index (χ1) is 4.93. The van der Waals surface area contributed by atoms with Gasteiger partial charge in [0.25, 0.3) is 0 Å². The van der Waals surface area contributed by atoms with Crippen LogP contribution in [0.4, 0.5) is 0 Å². The highest BCUT2D eigenvalue weighted by Crippen LogP contribution is 1.95. The fourth-order valence-corrected chi connectivity index (χ4v) is 0.583. The zero-order chi connectivity index (χ0) is 7.82. The van der Waals surface area contributed by atoms with E-state index in [2.05, 4.69) is 12.6 Å². The summed E-state index contributed by atoms with van der Waals surface area (Å²) in [5, 5.41) is 8.54.